The lowest BCUT2D eigenvalue weighted by atomic mass is 10.00. The molecule has 0 amide bonds. The first-order valence-corrected chi connectivity index (χ1v) is 10.6. The summed E-state index contributed by atoms with van der Waals surface area (Å²) in [6, 6.07) is 16.7. The van der Waals surface area contributed by atoms with Gasteiger partial charge in [0.05, 0.1) is 5.75 Å². The van der Waals surface area contributed by atoms with Crippen LogP contribution in [0.4, 0.5) is 0 Å². The normalized spacial score (nSPS) is 16.8. The van der Waals surface area contributed by atoms with E-state index in [1.165, 1.54) is 16.3 Å². The SMILES string of the molecule is O=C(CCC1CCOC1)c1cc(CSCc2ccc3ccccc3c2)on1. The lowest BCUT2D eigenvalue weighted by Crippen LogP contribution is -2.05. The van der Waals surface area contributed by atoms with Crippen molar-refractivity contribution in [2.24, 2.45) is 5.92 Å². The van der Waals surface area contributed by atoms with Crippen molar-refractivity contribution in [3.63, 3.8) is 0 Å². The van der Waals surface area contributed by atoms with Crippen LogP contribution in [0.25, 0.3) is 10.8 Å². The Morgan fingerprint density at radius 3 is 2.85 bits per heavy atom. The first-order chi connectivity index (χ1) is 13.3. The molecule has 0 spiro atoms. The monoisotopic (exact) mass is 381 g/mol. The van der Waals surface area contributed by atoms with E-state index in [0.29, 0.717) is 23.8 Å². The number of nitrogens with zero attached hydrogens (tertiary/aromatic N) is 1. The molecule has 3 aromatic rings. The van der Waals surface area contributed by atoms with Crippen molar-refractivity contribution in [2.75, 3.05) is 13.2 Å². The summed E-state index contributed by atoms with van der Waals surface area (Å²) in [4.78, 5) is 12.3. The minimum Gasteiger partial charge on any atom is -0.381 e. The van der Waals surface area contributed by atoms with Crippen molar-refractivity contribution in [1.82, 2.24) is 5.16 Å². The fourth-order valence-electron chi connectivity index (χ4n) is 3.38. The molecular formula is C22H23NO3S. The molecule has 5 heteroatoms. The minimum atomic E-state index is 0.0661. The van der Waals surface area contributed by atoms with E-state index in [0.717, 1.165) is 37.6 Å². The zero-order valence-corrected chi connectivity index (χ0v) is 16.0. The van der Waals surface area contributed by atoms with Gasteiger partial charge in [-0.3, -0.25) is 4.79 Å². The van der Waals surface area contributed by atoms with E-state index in [1.807, 2.05) is 0 Å². The third-order valence-corrected chi connectivity index (χ3v) is 6.00. The summed E-state index contributed by atoms with van der Waals surface area (Å²) in [7, 11) is 0. The third kappa shape index (κ3) is 4.79. The standard InChI is InChI=1S/C22H23NO3S/c24-22(8-6-16-9-10-25-13-16)21-12-20(26-23-21)15-27-14-17-5-7-18-3-1-2-4-19(18)11-17/h1-5,7,11-12,16H,6,8-10,13-15H2. The van der Waals surface area contributed by atoms with Gasteiger partial charge in [0, 0.05) is 31.5 Å². The molecule has 1 saturated heterocycles. The number of ketones is 1. The predicted octanol–water partition coefficient (Wildman–Crippen LogP) is 5.26. The van der Waals surface area contributed by atoms with Crippen LogP contribution in [0.1, 0.15) is 41.1 Å². The van der Waals surface area contributed by atoms with E-state index in [4.69, 9.17) is 9.26 Å². The van der Waals surface area contributed by atoms with E-state index >= 15 is 0 Å². The first-order valence-electron chi connectivity index (χ1n) is 9.40. The molecule has 1 fully saturated rings. The number of carbonyl (C=O) groups is 1. The molecule has 4 rings (SSSR count). The molecule has 27 heavy (non-hydrogen) atoms. The van der Waals surface area contributed by atoms with Gasteiger partial charge in [-0.2, -0.15) is 0 Å². The minimum absolute atomic E-state index is 0.0661. The number of aromatic nitrogens is 1. The molecule has 1 aromatic heterocycles. The van der Waals surface area contributed by atoms with Gasteiger partial charge in [0.15, 0.2) is 5.78 Å². The maximum absolute atomic E-state index is 12.3. The number of ether oxygens (including phenoxy) is 1. The Hall–Kier alpha value is -2.11. The van der Waals surface area contributed by atoms with E-state index in [9.17, 15) is 4.79 Å². The number of carbonyl (C=O) groups excluding carboxylic acids is 1. The molecule has 0 N–H and O–H groups in total. The Morgan fingerprint density at radius 2 is 2.00 bits per heavy atom. The Labute approximate surface area is 163 Å². The first kappa shape index (κ1) is 18.3. The molecule has 2 aromatic carbocycles. The van der Waals surface area contributed by atoms with Gasteiger partial charge in [-0.15, -0.1) is 11.8 Å². The van der Waals surface area contributed by atoms with Crippen LogP contribution in [0.5, 0.6) is 0 Å². The quantitative estimate of drug-likeness (QED) is 0.498. The molecule has 0 saturated carbocycles. The highest BCUT2D eigenvalue weighted by molar-refractivity contribution is 7.97. The van der Waals surface area contributed by atoms with Crippen molar-refractivity contribution in [2.45, 2.75) is 30.8 Å². The van der Waals surface area contributed by atoms with Crippen LogP contribution in [0.15, 0.2) is 53.1 Å². The van der Waals surface area contributed by atoms with Crippen molar-refractivity contribution >= 4 is 28.3 Å². The van der Waals surface area contributed by atoms with Gasteiger partial charge in [-0.05, 0) is 35.1 Å². The van der Waals surface area contributed by atoms with Crippen LogP contribution in [-0.4, -0.2) is 24.2 Å². The molecule has 0 bridgehead atoms. The fourth-order valence-corrected chi connectivity index (χ4v) is 4.24. The summed E-state index contributed by atoms with van der Waals surface area (Å²) in [6.07, 6.45) is 2.45. The Balaban J connectivity index is 1.26. The number of hydrogen-bond acceptors (Lipinski definition) is 5. The number of thioether (sulfide) groups is 1. The van der Waals surface area contributed by atoms with Gasteiger partial charge in [0.25, 0.3) is 0 Å². The summed E-state index contributed by atoms with van der Waals surface area (Å²) in [5.74, 6) is 2.95. The maximum Gasteiger partial charge on any atom is 0.184 e. The number of rotatable bonds is 8. The highest BCUT2D eigenvalue weighted by atomic mass is 32.2. The third-order valence-electron chi connectivity index (χ3n) is 4.98. The van der Waals surface area contributed by atoms with Crippen LogP contribution in [0.3, 0.4) is 0 Å². The van der Waals surface area contributed by atoms with Gasteiger partial charge >= 0.3 is 0 Å². The highest BCUT2D eigenvalue weighted by Crippen LogP contribution is 2.23. The molecule has 1 atom stereocenters. The fraction of sp³-hybridized carbons (Fsp3) is 0.364. The second kappa shape index (κ2) is 8.72. The summed E-state index contributed by atoms with van der Waals surface area (Å²) in [5, 5.41) is 6.48. The van der Waals surface area contributed by atoms with E-state index in [1.54, 1.807) is 17.8 Å². The molecule has 140 valence electrons. The summed E-state index contributed by atoms with van der Waals surface area (Å²) >= 11 is 1.77. The number of fused-ring (bicyclic) bond motifs is 1. The van der Waals surface area contributed by atoms with E-state index in [-0.39, 0.29) is 5.78 Å². The van der Waals surface area contributed by atoms with Gasteiger partial charge in [-0.1, -0.05) is 47.6 Å². The average Bonchev–Trinajstić information content (AvgIpc) is 3.38. The topological polar surface area (TPSA) is 52.3 Å². The lowest BCUT2D eigenvalue weighted by Gasteiger charge is -2.04. The number of benzene rings is 2. The second-order valence-electron chi connectivity index (χ2n) is 7.04. The summed E-state index contributed by atoms with van der Waals surface area (Å²) in [5.41, 5.74) is 1.74. The van der Waals surface area contributed by atoms with Crippen LogP contribution < -0.4 is 0 Å². The number of Topliss-reactive ketones (excluding diaryl/α,β-unsaturated/α-hetero) is 1. The number of hydrogen-bond donors (Lipinski definition) is 0. The van der Waals surface area contributed by atoms with Crippen molar-refractivity contribution in [3.05, 3.63) is 65.5 Å². The lowest BCUT2D eigenvalue weighted by molar-refractivity contribution is 0.0962. The molecule has 4 nitrogen and oxygen atoms in total. The molecule has 0 radical (unpaired) electrons. The Kier molecular flexibility index (Phi) is 5.90. The molecule has 1 aliphatic heterocycles. The van der Waals surface area contributed by atoms with Crippen LogP contribution in [-0.2, 0) is 16.2 Å². The zero-order chi connectivity index (χ0) is 18.5. The summed E-state index contributed by atoms with van der Waals surface area (Å²) < 4.78 is 10.7. The Bertz CT molecular complexity index is 915. The van der Waals surface area contributed by atoms with E-state index in [2.05, 4.69) is 47.6 Å². The van der Waals surface area contributed by atoms with Crippen molar-refractivity contribution in [1.29, 1.82) is 0 Å². The molecule has 0 aliphatic carbocycles. The van der Waals surface area contributed by atoms with Crippen LogP contribution >= 0.6 is 11.8 Å². The maximum atomic E-state index is 12.3. The van der Waals surface area contributed by atoms with Gasteiger partial charge in [0.1, 0.15) is 11.5 Å². The summed E-state index contributed by atoms with van der Waals surface area (Å²) in [6.45, 7) is 1.60. The smallest absolute Gasteiger partial charge is 0.184 e. The van der Waals surface area contributed by atoms with Gasteiger partial charge in [0.2, 0.25) is 0 Å². The Morgan fingerprint density at radius 1 is 1.11 bits per heavy atom. The van der Waals surface area contributed by atoms with Gasteiger partial charge < -0.3 is 9.26 Å². The van der Waals surface area contributed by atoms with Gasteiger partial charge in [-0.25, -0.2) is 0 Å². The highest BCUT2D eigenvalue weighted by Gasteiger charge is 2.19. The average molecular weight is 381 g/mol. The molecule has 1 aliphatic rings. The molecule has 1 unspecified atom stereocenters. The zero-order valence-electron chi connectivity index (χ0n) is 15.2. The van der Waals surface area contributed by atoms with Crippen LogP contribution in [0, 0.1) is 5.92 Å². The predicted molar refractivity (Wildman–Crippen MR) is 108 cm³/mol. The van der Waals surface area contributed by atoms with E-state index < -0.39 is 0 Å². The molecular weight excluding hydrogens is 358 g/mol. The molecule has 2 heterocycles. The van der Waals surface area contributed by atoms with Crippen LogP contribution in [0.2, 0.25) is 0 Å². The van der Waals surface area contributed by atoms with Crippen molar-refractivity contribution < 1.29 is 14.1 Å². The largest absolute Gasteiger partial charge is 0.381 e. The second-order valence-corrected chi connectivity index (χ2v) is 8.03. The van der Waals surface area contributed by atoms with Crippen molar-refractivity contribution in [3.8, 4) is 0 Å².